The zero-order valence-corrected chi connectivity index (χ0v) is 10.7. The molecule has 1 aromatic rings. The Bertz CT molecular complexity index is 330. The average Bonchev–Trinajstić information content (AvgIpc) is 2.33. The number of benzene rings is 1. The topological polar surface area (TPSA) is 12.0 Å². The van der Waals surface area contributed by atoms with Crippen molar-refractivity contribution in [2.75, 3.05) is 11.9 Å². The molecule has 0 aromatic heterocycles. The van der Waals surface area contributed by atoms with Gasteiger partial charge in [-0.05, 0) is 30.7 Å². The van der Waals surface area contributed by atoms with Crippen LogP contribution in [0.4, 0.5) is 18.9 Å². The highest BCUT2D eigenvalue weighted by Gasteiger charge is 2.29. The Morgan fingerprint density at radius 3 is 2.11 bits per heavy atom. The van der Waals surface area contributed by atoms with E-state index in [0.717, 1.165) is 30.8 Å². The first-order chi connectivity index (χ1) is 8.54. The van der Waals surface area contributed by atoms with Gasteiger partial charge >= 0.3 is 6.18 Å². The molecule has 102 valence electrons. The van der Waals surface area contributed by atoms with Crippen LogP contribution in [0.2, 0.25) is 0 Å². The molecule has 0 atom stereocenters. The second-order valence-corrected chi connectivity index (χ2v) is 4.42. The summed E-state index contributed by atoms with van der Waals surface area (Å²) >= 11 is 0. The van der Waals surface area contributed by atoms with Gasteiger partial charge in [0.1, 0.15) is 0 Å². The van der Waals surface area contributed by atoms with Gasteiger partial charge in [0.2, 0.25) is 0 Å². The van der Waals surface area contributed by atoms with Crippen molar-refractivity contribution in [2.45, 2.75) is 45.2 Å². The minimum Gasteiger partial charge on any atom is -0.385 e. The minimum absolute atomic E-state index is 0.601. The zero-order chi connectivity index (χ0) is 13.4. The van der Waals surface area contributed by atoms with E-state index in [-0.39, 0.29) is 0 Å². The Hall–Kier alpha value is -1.19. The monoisotopic (exact) mass is 259 g/mol. The lowest BCUT2D eigenvalue weighted by Crippen LogP contribution is -2.05. The molecule has 0 amide bonds. The number of alkyl halides is 3. The van der Waals surface area contributed by atoms with Crippen molar-refractivity contribution in [3.63, 3.8) is 0 Å². The first-order valence-electron chi connectivity index (χ1n) is 6.45. The summed E-state index contributed by atoms with van der Waals surface area (Å²) in [7, 11) is 0. The van der Waals surface area contributed by atoms with Gasteiger partial charge in [0.05, 0.1) is 5.56 Å². The highest BCUT2D eigenvalue weighted by Crippen LogP contribution is 2.29. The maximum absolute atomic E-state index is 12.3. The highest BCUT2D eigenvalue weighted by atomic mass is 19.4. The lowest BCUT2D eigenvalue weighted by molar-refractivity contribution is -0.137. The number of hydrogen-bond acceptors (Lipinski definition) is 1. The van der Waals surface area contributed by atoms with Crippen LogP contribution in [0.1, 0.15) is 44.6 Å². The molecule has 1 aromatic carbocycles. The predicted molar refractivity (Wildman–Crippen MR) is 68.7 cm³/mol. The third-order valence-electron chi connectivity index (χ3n) is 2.82. The van der Waals surface area contributed by atoms with Gasteiger partial charge in [-0.2, -0.15) is 13.2 Å². The Balaban J connectivity index is 2.27. The Labute approximate surface area is 106 Å². The number of rotatable bonds is 7. The number of anilines is 1. The quantitative estimate of drug-likeness (QED) is 0.673. The van der Waals surface area contributed by atoms with Crippen molar-refractivity contribution in [1.29, 1.82) is 0 Å². The molecule has 18 heavy (non-hydrogen) atoms. The molecule has 0 aliphatic heterocycles. The third kappa shape index (κ3) is 5.43. The number of unbranched alkanes of at least 4 members (excludes halogenated alkanes) is 4. The van der Waals surface area contributed by atoms with E-state index in [9.17, 15) is 13.2 Å². The van der Waals surface area contributed by atoms with Crippen LogP contribution in [0.5, 0.6) is 0 Å². The van der Waals surface area contributed by atoms with Crippen LogP contribution < -0.4 is 5.32 Å². The molecule has 1 nitrogen and oxygen atoms in total. The fraction of sp³-hybridized carbons (Fsp3) is 0.571. The van der Waals surface area contributed by atoms with E-state index in [4.69, 9.17) is 0 Å². The molecule has 0 saturated heterocycles. The first kappa shape index (κ1) is 14.9. The molecule has 0 spiro atoms. The zero-order valence-electron chi connectivity index (χ0n) is 10.7. The smallest absolute Gasteiger partial charge is 0.385 e. The molecule has 4 heteroatoms. The van der Waals surface area contributed by atoms with Crippen LogP contribution in [-0.4, -0.2) is 6.54 Å². The van der Waals surface area contributed by atoms with Crippen LogP contribution in [0.25, 0.3) is 0 Å². The third-order valence-corrected chi connectivity index (χ3v) is 2.82. The summed E-state index contributed by atoms with van der Waals surface area (Å²) in [6.07, 6.45) is 1.67. The second kappa shape index (κ2) is 7.29. The van der Waals surface area contributed by atoms with E-state index < -0.39 is 11.7 Å². The van der Waals surface area contributed by atoms with Crippen molar-refractivity contribution in [1.82, 2.24) is 0 Å². The fourth-order valence-electron chi connectivity index (χ4n) is 1.74. The molecule has 1 N–H and O–H groups in total. The predicted octanol–water partition coefficient (Wildman–Crippen LogP) is 5.09. The van der Waals surface area contributed by atoms with Gasteiger partial charge in [0.15, 0.2) is 0 Å². The van der Waals surface area contributed by atoms with E-state index in [1.165, 1.54) is 37.8 Å². The summed E-state index contributed by atoms with van der Waals surface area (Å²) in [5.74, 6) is 0. The van der Waals surface area contributed by atoms with Gasteiger partial charge in [-0.25, -0.2) is 0 Å². The second-order valence-electron chi connectivity index (χ2n) is 4.42. The summed E-state index contributed by atoms with van der Waals surface area (Å²) in [4.78, 5) is 0. The normalized spacial score (nSPS) is 11.6. The summed E-state index contributed by atoms with van der Waals surface area (Å²) in [5, 5.41) is 3.13. The van der Waals surface area contributed by atoms with Gasteiger partial charge in [-0.1, -0.05) is 32.6 Å². The molecule has 1 rings (SSSR count). The molecule has 0 unspecified atom stereocenters. The number of hydrogen-bond donors (Lipinski definition) is 1. The van der Waals surface area contributed by atoms with Crippen molar-refractivity contribution in [2.24, 2.45) is 0 Å². The standard InChI is InChI=1S/C14H20F3N/c1-2-3-4-5-6-11-18-13-9-7-12(8-10-13)14(15,16)17/h7-10,18H,2-6,11H2,1H3. The summed E-state index contributed by atoms with van der Waals surface area (Å²) in [5.41, 5.74) is 0.148. The van der Waals surface area contributed by atoms with E-state index in [1.807, 2.05) is 0 Å². The summed E-state index contributed by atoms with van der Waals surface area (Å²) in [6.45, 7) is 2.98. The summed E-state index contributed by atoms with van der Waals surface area (Å²) < 4.78 is 37.0. The van der Waals surface area contributed by atoms with Crippen LogP contribution in [-0.2, 0) is 6.18 Å². The van der Waals surface area contributed by atoms with Crippen molar-refractivity contribution in [3.05, 3.63) is 29.8 Å². The molecule has 0 fully saturated rings. The summed E-state index contributed by atoms with van der Waals surface area (Å²) in [6, 6.07) is 5.18. The molecule has 0 bridgehead atoms. The maximum atomic E-state index is 12.3. The molecule has 0 aliphatic carbocycles. The molecule has 0 radical (unpaired) electrons. The van der Waals surface area contributed by atoms with E-state index >= 15 is 0 Å². The first-order valence-corrected chi connectivity index (χ1v) is 6.45. The van der Waals surface area contributed by atoms with Crippen LogP contribution in [0.15, 0.2) is 24.3 Å². The molecule has 0 aliphatic rings. The van der Waals surface area contributed by atoms with Crippen LogP contribution in [0.3, 0.4) is 0 Å². The number of nitrogens with one attached hydrogen (secondary N) is 1. The minimum atomic E-state index is -4.25. The SMILES string of the molecule is CCCCCCCNc1ccc(C(F)(F)F)cc1. The Morgan fingerprint density at radius 1 is 0.944 bits per heavy atom. The van der Waals surface area contributed by atoms with Crippen LogP contribution >= 0.6 is 0 Å². The largest absolute Gasteiger partial charge is 0.416 e. The van der Waals surface area contributed by atoms with E-state index in [2.05, 4.69) is 12.2 Å². The highest BCUT2D eigenvalue weighted by molar-refractivity contribution is 5.44. The van der Waals surface area contributed by atoms with Crippen LogP contribution in [0, 0.1) is 0 Å². The van der Waals surface area contributed by atoms with E-state index in [0.29, 0.717) is 0 Å². The van der Waals surface area contributed by atoms with Gasteiger partial charge in [-0.3, -0.25) is 0 Å². The van der Waals surface area contributed by atoms with E-state index in [1.54, 1.807) is 0 Å². The molecule has 0 saturated carbocycles. The van der Waals surface area contributed by atoms with Crippen molar-refractivity contribution in [3.8, 4) is 0 Å². The van der Waals surface area contributed by atoms with Gasteiger partial charge in [0.25, 0.3) is 0 Å². The van der Waals surface area contributed by atoms with Crippen molar-refractivity contribution < 1.29 is 13.2 Å². The van der Waals surface area contributed by atoms with Gasteiger partial charge < -0.3 is 5.32 Å². The Morgan fingerprint density at radius 2 is 1.56 bits per heavy atom. The Kier molecular flexibility index (Phi) is 6.02. The fourth-order valence-corrected chi connectivity index (χ4v) is 1.74. The van der Waals surface area contributed by atoms with Gasteiger partial charge in [-0.15, -0.1) is 0 Å². The lowest BCUT2D eigenvalue weighted by atomic mass is 10.1. The lowest BCUT2D eigenvalue weighted by Gasteiger charge is -2.09. The molecule has 0 heterocycles. The molecular formula is C14H20F3N. The average molecular weight is 259 g/mol. The molecular weight excluding hydrogens is 239 g/mol. The van der Waals surface area contributed by atoms with Crippen molar-refractivity contribution >= 4 is 5.69 Å². The maximum Gasteiger partial charge on any atom is 0.416 e. The van der Waals surface area contributed by atoms with Gasteiger partial charge in [0, 0.05) is 12.2 Å². The number of halogens is 3.